The van der Waals surface area contributed by atoms with E-state index in [0.29, 0.717) is 12.3 Å². The summed E-state index contributed by atoms with van der Waals surface area (Å²) in [5.41, 5.74) is 0. The zero-order valence-electron chi connectivity index (χ0n) is 11.1. The van der Waals surface area contributed by atoms with Crippen molar-refractivity contribution in [1.29, 1.82) is 0 Å². The molecule has 2 aliphatic carbocycles. The van der Waals surface area contributed by atoms with Crippen LogP contribution < -0.4 is 17.7 Å². The molecule has 1 N–H and O–H groups in total. The molecule has 0 aromatic carbocycles. The zero-order valence-corrected chi connectivity index (χ0v) is 11.9. The van der Waals surface area contributed by atoms with E-state index in [4.69, 9.17) is 4.74 Å². The van der Waals surface area contributed by atoms with Gasteiger partial charge in [-0.3, -0.25) is 0 Å². The predicted molar refractivity (Wildman–Crippen MR) is 67.6 cm³/mol. The van der Waals surface area contributed by atoms with Crippen molar-refractivity contribution >= 4 is 0 Å². The maximum Gasteiger partial charge on any atom is 0.288 e. The molecule has 2 nitrogen and oxygen atoms in total. The van der Waals surface area contributed by atoms with Crippen LogP contribution in [0.25, 0.3) is 0 Å². The van der Waals surface area contributed by atoms with E-state index in [0.717, 1.165) is 23.8 Å². The molecule has 3 heteroatoms. The van der Waals surface area contributed by atoms with Gasteiger partial charge in [-0.25, -0.2) is 5.32 Å². The SMILES string of the molecule is C1CCC2[O+]C3NC4CCCCC4C3CC2C1.[Cl-]. The Morgan fingerprint density at radius 1 is 0.833 bits per heavy atom. The maximum atomic E-state index is 6.40. The van der Waals surface area contributed by atoms with Crippen molar-refractivity contribution in [1.82, 2.24) is 5.32 Å². The van der Waals surface area contributed by atoms with Gasteiger partial charge < -0.3 is 12.4 Å². The number of hydrogen-bond donors (Lipinski definition) is 1. The van der Waals surface area contributed by atoms with Crippen molar-refractivity contribution in [2.24, 2.45) is 17.8 Å². The van der Waals surface area contributed by atoms with Gasteiger partial charge in [0.05, 0.1) is 5.92 Å². The van der Waals surface area contributed by atoms with Gasteiger partial charge in [-0.15, -0.1) is 4.74 Å². The first kappa shape index (κ1) is 13.2. The number of halogens is 1. The number of fused-ring (bicyclic) bond motifs is 4. The second-order valence-corrected chi connectivity index (χ2v) is 6.76. The smallest absolute Gasteiger partial charge is 0.288 e. The molecule has 18 heavy (non-hydrogen) atoms. The first-order valence-corrected chi connectivity index (χ1v) is 7.83. The zero-order chi connectivity index (χ0) is 11.2. The monoisotopic (exact) mass is 270 g/mol. The lowest BCUT2D eigenvalue weighted by Gasteiger charge is -2.34. The fourth-order valence-corrected chi connectivity index (χ4v) is 5.04. The van der Waals surface area contributed by atoms with E-state index < -0.39 is 0 Å². The second-order valence-electron chi connectivity index (χ2n) is 6.76. The molecular weight excluding hydrogens is 246 g/mol. The Morgan fingerprint density at radius 2 is 1.61 bits per heavy atom. The molecule has 1 radical (unpaired) electrons. The highest BCUT2D eigenvalue weighted by Crippen LogP contribution is 2.47. The Bertz CT molecular complexity index is 296. The lowest BCUT2D eigenvalue weighted by Crippen LogP contribution is -3.00. The van der Waals surface area contributed by atoms with Crippen molar-refractivity contribution in [3.8, 4) is 0 Å². The highest BCUT2D eigenvalue weighted by atomic mass is 35.5. The molecule has 103 valence electrons. The molecule has 2 aliphatic heterocycles. The highest BCUT2D eigenvalue weighted by molar-refractivity contribution is 5.00. The van der Waals surface area contributed by atoms with Crippen molar-refractivity contribution in [3.05, 3.63) is 0 Å². The standard InChI is InChI=1S/C15H25NO.ClH/c1-4-8-14-10(5-1)9-12-11-6-2-3-7-13(11)16-15(12)17-14;/h10-16H,1-9H2;1H/q+1;/p-1. The number of rotatable bonds is 0. The molecule has 0 aromatic rings. The molecule has 4 aliphatic rings. The molecule has 4 rings (SSSR count). The van der Waals surface area contributed by atoms with Gasteiger partial charge in [-0.05, 0) is 38.0 Å². The van der Waals surface area contributed by atoms with E-state index in [1.165, 1.54) is 57.8 Å². The van der Waals surface area contributed by atoms with E-state index in [9.17, 15) is 0 Å². The molecule has 2 saturated carbocycles. The summed E-state index contributed by atoms with van der Waals surface area (Å²) in [7, 11) is 0. The molecule has 6 unspecified atom stereocenters. The summed E-state index contributed by atoms with van der Waals surface area (Å²) < 4.78 is 6.40. The minimum absolute atomic E-state index is 0. The molecule has 2 saturated heterocycles. The molecular formula is C15H25ClNO. The van der Waals surface area contributed by atoms with Crippen molar-refractivity contribution < 1.29 is 17.1 Å². The van der Waals surface area contributed by atoms with Crippen LogP contribution in [0.5, 0.6) is 0 Å². The summed E-state index contributed by atoms with van der Waals surface area (Å²) in [6.45, 7) is 0. The van der Waals surface area contributed by atoms with Crippen LogP contribution in [-0.4, -0.2) is 18.4 Å². The third-order valence-corrected chi connectivity index (χ3v) is 5.87. The van der Waals surface area contributed by atoms with Crippen molar-refractivity contribution in [2.75, 3.05) is 0 Å². The highest BCUT2D eigenvalue weighted by Gasteiger charge is 2.56. The van der Waals surface area contributed by atoms with Crippen LogP contribution in [0.4, 0.5) is 0 Å². The fraction of sp³-hybridized carbons (Fsp3) is 1.00. The number of nitrogens with one attached hydrogen (secondary N) is 1. The third kappa shape index (κ3) is 2.10. The number of hydrogen-bond acceptors (Lipinski definition) is 2. The molecule has 0 aromatic heterocycles. The van der Waals surface area contributed by atoms with Gasteiger partial charge >= 0.3 is 0 Å². The average Bonchev–Trinajstić information content (AvgIpc) is 2.73. The normalized spacial score (nSPS) is 50.7. The quantitative estimate of drug-likeness (QED) is 0.630. The summed E-state index contributed by atoms with van der Waals surface area (Å²) in [5.74, 6) is 2.68. The molecule has 4 fully saturated rings. The van der Waals surface area contributed by atoms with Gasteiger partial charge in [0, 0.05) is 18.4 Å². The van der Waals surface area contributed by atoms with Crippen LogP contribution in [0, 0.1) is 17.8 Å². The topological polar surface area (TPSA) is 23.3 Å². The van der Waals surface area contributed by atoms with E-state index in [-0.39, 0.29) is 12.4 Å². The van der Waals surface area contributed by atoms with E-state index in [1.54, 1.807) is 0 Å². The van der Waals surface area contributed by atoms with Gasteiger partial charge in [-0.2, -0.15) is 0 Å². The first-order valence-electron chi connectivity index (χ1n) is 7.83. The van der Waals surface area contributed by atoms with Crippen molar-refractivity contribution in [2.45, 2.75) is 76.2 Å². The lowest BCUT2D eigenvalue weighted by atomic mass is 9.71. The van der Waals surface area contributed by atoms with E-state index in [2.05, 4.69) is 5.32 Å². The Labute approximate surface area is 117 Å². The van der Waals surface area contributed by atoms with Crippen LogP contribution in [0.1, 0.15) is 57.8 Å². The maximum absolute atomic E-state index is 6.40. The van der Waals surface area contributed by atoms with Crippen LogP contribution >= 0.6 is 0 Å². The Morgan fingerprint density at radius 3 is 2.56 bits per heavy atom. The summed E-state index contributed by atoms with van der Waals surface area (Å²) in [6.07, 6.45) is 13.8. The second kappa shape index (κ2) is 5.30. The Balaban J connectivity index is 0.000001000. The van der Waals surface area contributed by atoms with Gasteiger partial charge in [0.15, 0.2) is 0 Å². The summed E-state index contributed by atoms with van der Waals surface area (Å²) in [5, 5.41) is 3.81. The summed E-state index contributed by atoms with van der Waals surface area (Å²) >= 11 is 0. The molecule has 2 heterocycles. The van der Waals surface area contributed by atoms with Gasteiger partial charge in [0.25, 0.3) is 6.23 Å². The minimum atomic E-state index is 0. The molecule has 0 amide bonds. The molecule has 0 spiro atoms. The summed E-state index contributed by atoms with van der Waals surface area (Å²) in [4.78, 5) is 0. The largest absolute Gasteiger partial charge is 1.00 e. The summed E-state index contributed by atoms with van der Waals surface area (Å²) in [6, 6.07) is 0.791. The fourth-order valence-electron chi connectivity index (χ4n) is 5.04. The predicted octanol–water partition coefficient (Wildman–Crippen LogP) is 0.0738. The van der Waals surface area contributed by atoms with Crippen LogP contribution in [0.2, 0.25) is 0 Å². The van der Waals surface area contributed by atoms with Gasteiger partial charge in [0.2, 0.25) is 6.10 Å². The number of ether oxygens (including phenoxy) is 1. The molecule has 6 atom stereocenters. The average molecular weight is 271 g/mol. The van der Waals surface area contributed by atoms with Crippen molar-refractivity contribution in [3.63, 3.8) is 0 Å². The lowest BCUT2D eigenvalue weighted by molar-refractivity contribution is -0.131. The van der Waals surface area contributed by atoms with Crippen LogP contribution in [0.3, 0.4) is 0 Å². The Hall–Kier alpha value is 0.210. The third-order valence-electron chi connectivity index (χ3n) is 5.87. The van der Waals surface area contributed by atoms with Crippen LogP contribution in [0.15, 0.2) is 0 Å². The van der Waals surface area contributed by atoms with E-state index >= 15 is 0 Å². The first-order chi connectivity index (χ1) is 8.42. The van der Waals surface area contributed by atoms with E-state index in [1.807, 2.05) is 0 Å². The van der Waals surface area contributed by atoms with Crippen LogP contribution in [-0.2, 0) is 4.74 Å². The Kier molecular flexibility index (Phi) is 3.89. The molecule has 0 bridgehead atoms. The van der Waals surface area contributed by atoms with Gasteiger partial charge in [-0.1, -0.05) is 19.3 Å². The van der Waals surface area contributed by atoms with Gasteiger partial charge in [0.1, 0.15) is 0 Å². The minimum Gasteiger partial charge on any atom is -1.00 e.